The predicted molar refractivity (Wildman–Crippen MR) is 105 cm³/mol. The molecule has 2 unspecified atom stereocenters. The maximum Gasteiger partial charge on any atom is 0.573 e. The van der Waals surface area contributed by atoms with Gasteiger partial charge in [-0.15, -0.1) is 13.2 Å². The number of primary amides is 1. The lowest BCUT2D eigenvalue weighted by atomic mass is 9.86. The molecule has 9 heteroatoms. The van der Waals surface area contributed by atoms with Crippen LogP contribution < -0.4 is 20.5 Å². The monoisotopic (exact) mass is 423 g/mol. The van der Waals surface area contributed by atoms with Crippen LogP contribution in [0.25, 0.3) is 0 Å². The topological polar surface area (TPSA) is 76.8 Å². The number of methoxy groups -OCH3 is 1. The number of rotatable bonds is 6. The highest BCUT2D eigenvalue weighted by atomic mass is 19.4. The molecule has 2 aromatic carbocycles. The van der Waals surface area contributed by atoms with Gasteiger partial charge in [0.05, 0.1) is 7.11 Å². The van der Waals surface area contributed by atoms with E-state index in [2.05, 4.69) is 10.1 Å². The minimum atomic E-state index is -4.76. The number of alkyl halides is 3. The molecule has 0 spiro atoms. The Morgan fingerprint density at radius 1 is 1.23 bits per heavy atom. The predicted octanol–water partition coefficient (Wildman–Crippen LogP) is 3.62. The van der Waals surface area contributed by atoms with Crippen LogP contribution in [0.1, 0.15) is 23.5 Å². The molecule has 1 aliphatic heterocycles. The summed E-state index contributed by atoms with van der Waals surface area (Å²) in [6, 6.07) is 13.3. The van der Waals surface area contributed by atoms with Gasteiger partial charge in [-0.1, -0.05) is 30.3 Å². The fraction of sp³-hybridized carbons (Fsp3) is 0.381. The molecule has 0 aliphatic carbocycles. The van der Waals surface area contributed by atoms with Gasteiger partial charge in [-0.05, 0) is 30.2 Å². The fourth-order valence-corrected chi connectivity index (χ4v) is 3.77. The van der Waals surface area contributed by atoms with Crippen LogP contribution in [0.3, 0.4) is 0 Å². The Labute approximate surface area is 172 Å². The van der Waals surface area contributed by atoms with Crippen molar-refractivity contribution in [3.8, 4) is 11.5 Å². The summed E-state index contributed by atoms with van der Waals surface area (Å²) in [6.07, 6.45) is -4.11. The second kappa shape index (κ2) is 9.25. The van der Waals surface area contributed by atoms with E-state index in [9.17, 15) is 18.0 Å². The Kier molecular flexibility index (Phi) is 6.71. The van der Waals surface area contributed by atoms with Crippen molar-refractivity contribution in [2.75, 3.05) is 20.2 Å². The second-order valence-corrected chi connectivity index (χ2v) is 7.10. The molecule has 0 aromatic heterocycles. The number of benzene rings is 2. The summed E-state index contributed by atoms with van der Waals surface area (Å²) in [5, 5.41) is 3.42. The summed E-state index contributed by atoms with van der Waals surface area (Å²) in [5.41, 5.74) is 7.07. The first-order chi connectivity index (χ1) is 14.3. The summed E-state index contributed by atoms with van der Waals surface area (Å²) < 4.78 is 47.0. The van der Waals surface area contributed by atoms with E-state index in [0.717, 1.165) is 5.56 Å². The highest BCUT2D eigenvalue weighted by Crippen LogP contribution is 2.31. The maximum absolute atomic E-state index is 12.6. The third kappa shape index (κ3) is 5.56. The Morgan fingerprint density at radius 2 is 1.97 bits per heavy atom. The van der Waals surface area contributed by atoms with E-state index in [-0.39, 0.29) is 24.3 Å². The standard InChI is InChI=1S/C21H24F3N3O3/c1-29-19-8-7-16(30-21(22,23)24)11-15(19)12-26-18-9-10-27(20(25)28)13-17(18)14-5-3-2-4-6-14/h2-8,11,17-18,26H,9-10,12-13H2,1H3,(H2,25,28). The Bertz CT molecular complexity index is 862. The largest absolute Gasteiger partial charge is 0.573 e. The molecule has 2 amide bonds. The number of nitrogens with two attached hydrogens (primary N) is 1. The minimum Gasteiger partial charge on any atom is -0.496 e. The van der Waals surface area contributed by atoms with E-state index >= 15 is 0 Å². The summed E-state index contributed by atoms with van der Waals surface area (Å²) in [4.78, 5) is 13.3. The van der Waals surface area contributed by atoms with Crippen LogP contribution in [-0.2, 0) is 6.54 Å². The number of carbonyl (C=O) groups excluding carboxylic acids is 1. The smallest absolute Gasteiger partial charge is 0.496 e. The van der Waals surface area contributed by atoms with Crippen molar-refractivity contribution >= 4 is 6.03 Å². The Morgan fingerprint density at radius 3 is 2.60 bits per heavy atom. The molecular formula is C21H24F3N3O3. The molecule has 1 heterocycles. The van der Waals surface area contributed by atoms with Crippen molar-refractivity contribution in [2.24, 2.45) is 5.73 Å². The van der Waals surface area contributed by atoms with Crippen molar-refractivity contribution in [3.05, 3.63) is 59.7 Å². The van der Waals surface area contributed by atoms with Crippen LogP contribution >= 0.6 is 0 Å². The van der Waals surface area contributed by atoms with Crippen molar-refractivity contribution in [2.45, 2.75) is 31.3 Å². The van der Waals surface area contributed by atoms with Gasteiger partial charge >= 0.3 is 12.4 Å². The molecule has 162 valence electrons. The van der Waals surface area contributed by atoms with E-state index in [1.807, 2.05) is 30.3 Å². The highest BCUT2D eigenvalue weighted by Gasteiger charge is 2.33. The van der Waals surface area contributed by atoms with Gasteiger partial charge in [-0.25, -0.2) is 4.79 Å². The van der Waals surface area contributed by atoms with Gasteiger partial charge < -0.3 is 25.4 Å². The zero-order valence-electron chi connectivity index (χ0n) is 16.5. The lowest BCUT2D eigenvalue weighted by Gasteiger charge is -2.38. The highest BCUT2D eigenvalue weighted by molar-refractivity contribution is 5.72. The fourth-order valence-electron chi connectivity index (χ4n) is 3.77. The number of nitrogens with zero attached hydrogens (tertiary/aromatic N) is 1. The van der Waals surface area contributed by atoms with Crippen molar-refractivity contribution < 1.29 is 27.4 Å². The van der Waals surface area contributed by atoms with Crippen LogP contribution in [0.2, 0.25) is 0 Å². The van der Waals surface area contributed by atoms with Crippen LogP contribution in [0, 0.1) is 0 Å². The molecule has 3 rings (SSSR count). The van der Waals surface area contributed by atoms with Crippen LogP contribution in [0.4, 0.5) is 18.0 Å². The number of nitrogens with one attached hydrogen (secondary N) is 1. The normalized spacial score (nSPS) is 19.4. The molecule has 0 radical (unpaired) electrons. The van der Waals surface area contributed by atoms with Gasteiger partial charge in [-0.2, -0.15) is 0 Å². The number of halogens is 3. The third-order valence-corrected chi connectivity index (χ3v) is 5.19. The average molecular weight is 423 g/mol. The molecule has 3 N–H and O–H groups in total. The summed E-state index contributed by atoms with van der Waals surface area (Å²) >= 11 is 0. The van der Waals surface area contributed by atoms with Crippen molar-refractivity contribution in [3.63, 3.8) is 0 Å². The molecule has 2 atom stereocenters. The van der Waals surface area contributed by atoms with Gasteiger partial charge in [0, 0.05) is 37.2 Å². The number of amides is 2. The van der Waals surface area contributed by atoms with Crippen molar-refractivity contribution in [1.29, 1.82) is 0 Å². The van der Waals surface area contributed by atoms with Gasteiger partial charge in [0.15, 0.2) is 0 Å². The molecule has 6 nitrogen and oxygen atoms in total. The van der Waals surface area contributed by atoms with Crippen LogP contribution in [0.15, 0.2) is 48.5 Å². The lowest BCUT2D eigenvalue weighted by Crippen LogP contribution is -2.51. The first-order valence-electron chi connectivity index (χ1n) is 9.52. The maximum atomic E-state index is 12.6. The van der Waals surface area contributed by atoms with Gasteiger partial charge in [0.1, 0.15) is 11.5 Å². The quantitative estimate of drug-likeness (QED) is 0.744. The number of carbonyl (C=O) groups is 1. The van der Waals surface area contributed by atoms with E-state index in [4.69, 9.17) is 10.5 Å². The number of likely N-dealkylation sites (tertiary alicyclic amines) is 1. The molecular weight excluding hydrogens is 399 g/mol. The Hall–Kier alpha value is -2.94. The minimum absolute atomic E-state index is 0.0000956. The van der Waals surface area contributed by atoms with E-state index in [1.165, 1.54) is 25.3 Å². The van der Waals surface area contributed by atoms with E-state index in [1.54, 1.807) is 4.90 Å². The molecule has 1 aliphatic rings. The molecule has 2 aromatic rings. The summed E-state index contributed by atoms with van der Waals surface area (Å²) in [6.45, 7) is 1.25. The second-order valence-electron chi connectivity index (χ2n) is 7.10. The van der Waals surface area contributed by atoms with Gasteiger partial charge in [0.25, 0.3) is 0 Å². The third-order valence-electron chi connectivity index (χ3n) is 5.19. The summed E-state index contributed by atoms with van der Waals surface area (Å²) in [5.74, 6) is 0.152. The van der Waals surface area contributed by atoms with E-state index in [0.29, 0.717) is 30.8 Å². The van der Waals surface area contributed by atoms with Gasteiger partial charge in [-0.3, -0.25) is 0 Å². The zero-order valence-corrected chi connectivity index (χ0v) is 16.5. The average Bonchev–Trinajstić information content (AvgIpc) is 2.71. The van der Waals surface area contributed by atoms with E-state index < -0.39 is 12.4 Å². The molecule has 1 saturated heterocycles. The number of piperidine rings is 1. The van der Waals surface area contributed by atoms with Crippen LogP contribution in [0.5, 0.6) is 11.5 Å². The van der Waals surface area contributed by atoms with Crippen LogP contribution in [-0.4, -0.2) is 43.5 Å². The lowest BCUT2D eigenvalue weighted by molar-refractivity contribution is -0.274. The number of urea groups is 1. The molecule has 0 bridgehead atoms. The SMILES string of the molecule is COc1ccc(OC(F)(F)F)cc1CNC1CCN(C(N)=O)CC1c1ccccc1. The molecule has 30 heavy (non-hydrogen) atoms. The first kappa shape index (κ1) is 21.8. The number of hydrogen-bond acceptors (Lipinski definition) is 4. The van der Waals surface area contributed by atoms with Gasteiger partial charge in [0.2, 0.25) is 0 Å². The zero-order chi connectivity index (χ0) is 21.7. The summed E-state index contributed by atoms with van der Waals surface area (Å²) in [7, 11) is 1.46. The Balaban J connectivity index is 1.77. The number of hydrogen-bond donors (Lipinski definition) is 2. The first-order valence-corrected chi connectivity index (χ1v) is 9.52. The van der Waals surface area contributed by atoms with Crippen molar-refractivity contribution in [1.82, 2.24) is 10.2 Å². The number of ether oxygens (including phenoxy) is 2. The molecule has 0 saturated carbocycles. The molecule has 1 fully saturated rings.